The van der Waals surface area contributed by atoms with E-state index in [1.54, 1.807) is 21.8 Å². The van der Waals surface area contributed by atoms with Gasteiger partial charge in [0.25, 0.3) is 0 Å². The Morgan fingerprint density at radius 1 is 1.83 bits per heavy atom. The second kappa shape index (κ2) is 1.80. The first-order valence-corrected chi connectivity index (χ1v) is 3.80. The third-order valence-electron chi connectivity index (χ3n) is 0.483. The van der Waals surface area contributed by atoms with Gasteiger partial charge in [-0.25, -0.2) is 0 Å². The number of allylic oxidation sites excluding steroid dienone is 1. The van der Waals surface area contributed by atoms with Crippen LogP contribution in [0.3, 0.4) is 0 Å². The average Bonchev–Trinajstić information content (AvgIpc) is 1.86. The van der Waals surface area contributed by atoms with Gasteiger partial charge in [0, 0.05) is 22.1 Å². The first kappa shape index (κ1) is 4.40. The van der Waals surface area contributed by atoms with Crippen LogP contribution in [0.2, 0.25) is 0 Å². The smallest absolute Gasteiger partial charge is 0.0232 e. The topological polar surface area (TPSA) is 12.0 Å². The van der Waals surface area contributed by atoms with Crippen molar-refractivity contribution in [2.75, 3.05) is 0 Å². The third-order valence-corrected chi connectivity index (χ3v) is 2.49. The molecular formula is C3H5NS2. The SMILES string of the molecule is CC1=CNSS1. The summed E-state index contributed by atoms with van der Waals surface area (Å²) in [4.78, 5) is 1.35. The quantitative estimate of drug-likeness (QED) is 0.385. The molecule has 0 radical (unpaired) electrons. The lowest BCUT2D eigenvalue weighted by atomic mass is 10.7. The van der Waals surface area contributed by atoms with Crippen LogP contribution in [0.4, 0.5) is 0 Å². The number of rotatable bonds is 0. The van der Waals surface area contributed by atoms with E-state index in [1.807, 2.05) is 6.20 Å². The maximum atomic E-state index is 2.99. The highest BCUT2D eigenvalue weighted by atomic mass is 33.1. The highest BCUT2D eigenvalue weighted by Gasteiger charge is 1.95. The summed E-state index contributed by atoms with van der Waals surface area (Å²) >= 11 is 0. The molecule has 1 aliphatic heterocycles. The van der Waals surface area contributed by atoms with Gasteiger partial charge in [-0.3, -0.25) is 0 Å². The molecule has 0 unspecified atom stereocenters. The Labute approximate surface area is 45.1 Å². The van der Waals surface area contributed by atoms with Crippen LogP contribution in [0.15, 0.2) is 11.1 Å². The predicted molar refractivity (Wildman–Crippen MR) is 32.1 cm³/mol. The maximum absolute atomic E-state index is 2.99. The molecule has 0 atom stereocenters. The molecule has 1 N–H and O–H groups in total. The van der Waals surface area contributed by atoms with Crippen molar-refractivity contribution in [3.8, 4) is 0 Å². The van der Waals surface area contributed by atoms with E-state index in [0.717, 1.165) is 0 Å². The van der Waals surface area contributed by atoms with Gasteiger partial charge >= 0.3 is 0 Å². The summed E-state index contributed by atoms with van der Waals surface area (Å²) in [7, 11) is 3.42. The molecule has 0 aromatic heterocycles. The van der Waals surface area contributed by atoms with E-state index in [9.17, 15) is 0 Å². The maximum Gasteiger partial charge on any atom is 0.0232 e. The van der Waals surface area contributed by atoms with Gasteiger partial charge in [0.05, 0.1) is 0 Å². The Kier molecular flexibility index (Phi) is 1.32. The van der Waals surface area contributed by atoms with Crippen molar-refractivity contribution in [2.45, 2.75) is 6.92 Å². The van der Waals surface area contributed by atoms with Crippen molar-refractivity contribution in [3.05, 3.63) is 11.1 Å². The summed E-state index contributed by atoms with van der Waals surface area (Å²) in [5, 5.41) is 0. The van der Waals surface area contributed by atoms with Crippen molar-refractivity contribution in [1.82, 2.24) is 4.72 Å². The van der Waals surface area contributed by atoms with Gasteiger partial charge in [0.15, 0.2) is 0 Å². The second-order valence-electron chi connectivity index (χ2n) is 1.04. The highest BCUT2D eigenvalue weighted by molar-refractivity contribution is 8.77. The zero-order valence-electron chi connectivity index (χ0n) is 3.39. The molecule has 1 heterocycles. The zero-order valence-corrected chi connectivity index (χ0v) is 5.03. The Morgan fingerprint density at radius 2 is 2.67 bits per heavy atom. The fourth-order valence-corrected chi connectivity index (χ4v) is 1.63. The monoisotopic (exact) mass is 119 g/mol. The lowest BCUT2D eigenvalue weighted by Crippen LogP contribution is -1.77. The van der Waals surface area contributed by atoms with Gasteiger partial charge in [0.2, 0.25) is 0 Å². The minimum atomic E-state index is 1.35. The van der Waals surface area contributed by atoms with Gasteiger partial charge in [0.1, 0.15) is 0 Å². The average molecular weight is 119 g/mol. The van der Waals surface area contributed by atoms with Gasteiger partial charge in [-0.05, 0) is 17.7 Å². The molecule has 0 aliphatic carbocycles. The third kappa shape index (κ3) is 0.849. The molecule has 1 nitrogen and oxygen atoms in total. The van der Waals surface area contributed by atoms with Crippen LogP contribution in [-0.2, 0) is 0 Å². The molecule has 0 amide bonds. The number of hydrogen-bond donors (Lipinski definition) is 1. The summed E-state index contributed by atoms with van der Waals surface area (Å²) in [6.45, 7) is 2.08. The summed E-state index contributed by atoms with van der Waals surface area (Å²) in [6, 6.07) is 0. The van der Waals surface area contributed by atoms with Gasteiger partial charge in [-0.15, -0.1) is 0 Å². The predicted octanol–water partition coefficient (Wildman–Crippen LogP) is 1.75. The Bertz CT molecular complexity index is 78.9. The second-order valence-corrected chi connectivity index (χ2v) is 3.25. The molecular weight excluding hydrogens is 114 g/mol. The van der Waals surface area contributed by atoms with Crippen LogP contribution in [0.5, 0.6) is 0 Å². The van der Waals surface area contributed by atoms with Crippen LogP contribution in [0, 0.1) is 0 Å². The lowest BCUT2D eigenvalue weighted by Gasteiger charge is -1.77. The van der Waals surface area contributed by atoms with Crippen LogP contribution in [-0.4, -0.2) is 0 Å². The zero-order chi connectivity index (χ0) is 4.41. The van der Waals surface area contributed by atoms with Crippen LogP contribution >= 0.6 is 21.8 Å². The largest absolute Gasteiger partial charge is 0.326 e. The summed E-state index contributed by atoms with van der Waals surface area (Å²) < 4.78 is 2.99. The Balaban J connectivity index is 2.45. The minimum Gasteiger partial charge on any atom is -0.326 e. The van der Waals surface area contributed by atoms with E-state index < -0.39 is 0 Å². The summed E-state index contributed by atoms with van der Waals surface area (Å²) in [5.74, 6) is 0. The van der Waals surface area contributed by atoms with Crippen molar-refractivity contribution in [2.24, 2.45) is 0 Å². The molecule has 0 fully saturated rings. The molecule has 3 heteroatoms. The number of hydrogen-bond acceptors (Lipinski definition) is 3. The fourth-order valence-electron chi connectivity index (χ4n) is 0.221. The van der Waals surface area contributed by atoms with Gasteiger partial charge in [-0.2, -0.15) is 0 Å². The molecule has 0 saturated carbocycles. The summed E-state index contributed by atoms with van der Waals surface area (Å²) in [6.07, 6.45) is 2.00. The molecule has 0 bridgehead atoms. The van der Waals surface area contributed by atoms with E-state index in [1.165, 1.54) is 4.91 Å². The molecule has 0 spiro atoms. The Morgan fingerprint density at radius 3 is 2.83 bits per heavy atom. The van der Waals surface area contributed by atoms with E-state index in [4.69, 9.17) is 0 Å². The van der Waals surface area contributed by atoms with E-state index in [0.29, 0.717) is 0 Å². The first-order chi connectivity index (χ1) is 2.89. The molecule has 1 rings (SSSR count). The van der Waals surface area contributed by atoms with Gasteiger partial charge < -0.3 is 4.72 Å². The van der Waals surface area contributed by atoms with Crippen molar-refractivity contribution in [1.29, 1.82) is 0 Å². The van der Waals surface area contributed by atoms with E-state index in [-0.39, 0.29) is 0 Å². The van der Waals surface area contributed by atoms with Crippen LogP contribution in [0.25, 0.3) is 0 Å². The first-order valence-electron chi connectivity index (χ1n) is 1.65. The van der Waals surface area contributed by atoms with Crippen LogP contribution in [0.1, 0.15) is 6.92 Å². The van der Waals surface area contributed by atoms with Crippen molar-refractivity contribution in [3.63, 3.8) is 0 Å². The lowest BCUT2D eigenvalue weighted by molar-refractivity contribution is 1.41. The van der Waals surface area contributed by atoms with E-state index in [2.05, 4.69) is 11.6 Å². The number of nitrogens with one attached hydrogen (secondary N) is 1. The van der Waals surface area contributed by atoms with Gasteiger partial charge in [-0.1, -0.05) is 0 Å². The normalized spacial score (nSPS) is 19.8. The van der Waals surface area contributed by atoms with Crippen LogP contribution < -0.4 is 4.72 Å². The fraction of sp³-hybridized carbons (Fsp3) is 0.333. The molecule has 0 aromatic carbocycles. The summed E-state index contributed by atoms with van der Waals surface area (Å²) in [5.41, 5.74) is 0. The van der Waals surface area contributed by atoms with E-state index >= 15 is 0 Å². The highest BCUT2D eigenvalue weighted by Crippen LogP contribution is 2.31. The molecule has 0 aromatic rings. The standard InChI is InChI=1S/C3H5NS2/c1-3-2-4-6-5-3/h2,4H,1H3. The molecule has 34 valence electrons. The van der Waals surface area contributed by atoms with Crippen molar-refractivity contribution < 1.29 is 0 Å². The Hall–Kier alpha value is 0.240. The molecule has 6 heavy (non-hydrogen) atoms. The molecule has 1 aliphatic rings. The minimum absolute atomic E-state index is 1.35. The van der Waals surface area contributed by atoms with Crippen molar-refractivity contribution >= 4 is 21.8 Å². The molecule has 0 saturated heterocycles.